The molecule has 4 heteroatoms. The van der Waals surface area contributed by atoms with Gasteiger partial charge in [0, 0.05) is 19.6 Å². The molecule has 1 atom stereocenters. The molecule has 1 fully saturated rings. The van der Waals surface area contributed by atoms with Crippen molar-refractivity contribution in [2.45, 2.75) is 26.0 Å². The Hall–Kier alpha value is -1.13. The Bertz CT molecular complexity index is 343. The van der Waals surface area contributed by atoms with Crippen LogP contribution in [-0.2, 0) is 11.3 Å². The van der Waals surface area contributed by atoms with E-state index in [4.69, 9.17) is 10.5 Å². The van der Waals surface area contributed by atoms with Crippen molar-refractivity contribution in [3.8, 4) is 0 Å². The lowest BCUT2D eigenvalue weighted by atomic mass is 10.2. The van der Waals surface area contributed by atoms with Gasteiger partial charge in [0.15, 0.2) is 0 Å². The van der Waals surface area contributed by atoms with Crippen LogP contribution in [0.3, 0.4) is 0 Å². The second-order valence-corrected chi connectivity index (χ2v) is 4.04. The molecule has 1 aromatic rings. The fraction of sp³-hybridized carbons (Fsp3) is 0.583. The van der Waals surface area contributed by atoms with E-state index in [0.29, 0.717) is 12.6 Å². The van der Waals surface area contributed by atoms with Gasteiger partial charge in [-0.3, -0.25) is 0 Å². The molecule has 1 aromatic heterocycles. The Morgan fingerprint density at radius 1 is 1.56 bits per heavy atom. The summed E-state index contributed by atoms with van der Waals surface area (Å²) in [7, 11) is 0. The summed E-state index contributed by atoms with van der Waals surface area (Å²) in [5.74, 6) is 1.02. The average molecular weight is 221 g/mol. The molecule has 0 saturated carbocycles. The van der Waals surface area contributed by atoms with E-state index in [0.717, 1.165) is 37.6 Å². The van der Waals surface area contributed by atoms with Gasteiger partial charge < -0.3 is 15.4 Å². The van der Waals surface area contributed by atoms with Crippen LogP contribution in [0.4, 0.5) is 5.82 Å². The Balaban J connectivity index is 2.10. The van der Waals surface area contributed by atoms with Crippen molar-refractivity contribution in [1.29, 1.82) is 0 Å². The SMILES string of the molecule is CCC1CN(c2cccc(CN)n2)CCO1. The molecule has 0 bridgehead atoms. The number of rotatable bonds is 3. The van der Waals surface area contributed by atoms with E-state index in [2.05, 4.69) is 16.8 Å². The van der Waals surface area contributed by atoms with Gasteiger partial charge in [-0.15, -0.1) is 0 Å². The number of hydrogen-bond donors (Lipinski definition) is 1. The fourth-order valence-electron chi connectivity index (χ4n) is 1.93. The van der Waals surface area contributed by atoms with Crippen molar-refractivity contribution in [2.24, 2.45) is 5.73 Å². The second-order valence-electron chi connectivity index (χ2n) is 4.04. The van der Waals surface area contributed by atoms with E-state index >= 15 is 0 Å². The van der Waals surface area contributed by atoms with E-state index in [9.17, 15) is 0 Å². The first-order valence-corrected chi connectivity index (χ1v) is 5.86. The maximum Gasteiger partial charge on any atom is 0.129 e. The van der Waals surface area contributed by atoms with Crippen LogP contribution in [0.5, 0.6) is 0 Å². The summed E-state index contributed by atoms with van der Waals surface area (Å²) < 4.78 is 5.64. The Labute approximate surface area is 96.4 Å². The van der Waals surface area contributed by atoms with Gasteiger partial charge in [-0.05, 0) is 18.6 Å². The van der Waals surface area contributed by atoms with Crippen molar-refractivity contribution in [3.05, 3.63) is 23.9 Å². The minimum Gasteiger partial charge on any atom is -0.375 e. The van der Waals surface area contributed by atoms with Gasteiger partial charge in [-0.2, -0.15) is 0 Å². The maximum absolute atomic E-state index is 5.64. The predicted molar refractivity (Wildman–Crippen MR) is 64.4 cm³/mol. The molecule has 1 aliphatic rings. The molecule has 2 rings (SSSR count). The number of nitrogens with zero attached hydrogens (tertiary/aromatic N) is 2. The third-order valence-electron chi connectivity index (χ3n) is 2.92. The number of hydrogen-bond acceptors (Lipinski definition) is 4. The number of pyridine rings is 1. The zero-order valence-electron chi connectivity index (χ0n) is 9.72. The zero-order chi connectivity index (χ0) is 11.4. The maximum atomic E-state index is 5.64. The van der Waals surface area contributed by atoms with Crippen LogP contribution in [0.15, 0.2) is 18.2 Å². The summed E-state index contributed by atoms with van der Waals surface area (Å²) in [6, 6.07) is 6.01. The van der Waals surface area contributed by atoms with Gasteiger partial charge >= 0.3 is 0 Å². The zero-order valence-corrected chi connectivity index (χ0v) is 9.72. The van der Waals surface area contributed by atoms with Gasteiger partial charge in [-0.1, -0.05) is 13.0 Å². The standard InChI is InChI=1S/C12H19N3O/c1-2-11-9-15(6-7-16-11)12-5-3-4-10(8-13)14-12/h3-5,11H,2,6-9,13H2,1H3. The van der Waals surface area contributed by atoms with Gasteiger partial charge in [-0.25, -0.2) is 4.98 Å². The monoisotopic (exact) mass is 221 g/mol. The average Bonchev–Trinajstić information content (AvgIpc) is 2.39. The lowest BCUT2D eigenvalue weighted by Gasteiger charge is -2.33. The van der Waals surface area contributed by atoms with Crippen LogP contribution in [0.25, 0.3) is 0 Å². The van der Waals surface area contributed by atoms with Crippen LogP contribution in [0.2, 0.25) is 0 Å². The molecule has 2 heterocycles. The fourth-order valence-corrected chi connectivity index (χ4v) is 1.93. The van der Waals surface area contributed by atoms with Crippen LogP contribution in [0, 0.1) is 0 Å². The van der Waals surface area contributed by atoms with Gasteiger partial charge in [0.1, 0.15) is 5.82 Å². The summed E-state index contributed by atoms with van der Waals surface area (Å²) in [6.07, 6.45) is 1.38. The minimum atomic E-state index is 0.331. The van der Waals surface area contributed by atoms with E-state index in [1.54, 1.807) is 0 Å². The second kappa shape index (κ2) is 5.27. The highest BCUT2D eigenvalue weighted by atomic mass is 16.5. The van der Waals surface area contributed by atoms with Crippen molar-refractivity contribution in [3.63, 3.8) is 0 Å². The van der Waals surface area contributed by atoms with Crippen molar-refractivity contribution in [2.75, 3.05) is 24.6 Å². The lowest BCUT2D eigenvalue weighted by Crippen LogP contribution is -2.42. The number of ether oxygens (including phenoxy) is 1. The molecule has 0 aliphatic carbocycles. The molecule has 4 nitrogen and oxygen atoms in total. The molecule has 0 aromatic carbocycles. The summed E-state index contributed by atoms with van der Waals surface area (Å²) in [5.41, 5.74) is 6.54. The van der Waals surface area contributed by atoms with Crippen molar-refractivity contribution in [1.82, 2.24) is 4.98 Å². The summed E-state index contributed by atoms with van der Waals surface area (Å²) in [4.78, 5) is 6.80. The molecule has 16 heavy (non-hydrogen) atoms. The van der Waals surface area contributed by atoms with E-state index in [-0.39, 0.29) is 0 Å². The highest BCUT2D eigenvalue weighted by molar-refractivity contribution is 5.39. The molecular weight excluding hydrogens is 202 g/mol. The quantitative estimate of drug-likeness (QED) is 0.832. The molecule has 0 radical (unpaired) electrons. The van der Waals surface area contributed by atoms with E-state index in [1.807, 2.05) is 18.2 Å². The van der Waals surface area contributed by atoms with Crippen LogP contribution in [0.1, 0.15) is 19.0 Å². The molecular formula is C12H19N3O. The molecule has 2 N–H and O–H groups in total. The normalized spacial score (nSPS) is 21.1. The van der Waals surface area contributed by atoms with Crippen LogP contribution in [-0.4, -0.2) is 30.8 Å². The topological polar surface area (TPSA) is 51.4 Å². The van der Waals surface area contributed by atoms with Gasteiger partial charge in [0.2, 0.25) is 0 Å². The van der Waals surface area contributed by atoms with Crippen molar-refractivity contribution < 1.29 is 4.74 Å². The van der Waals surface area contributed by atoms with Crippen LogP contribution < -0.4 is 10.6 Å². The smallest absolute Gasteiger partial charge is 0.129 e. The first kappa shape index (κ1) is 11.4. The largest absolute Gasteiger partial charge is 0.375 e. The van der Waals surface area contributed by atoms with E-state index in [1.165, 1.54) is 0 Å². The summed E-state index contributed by atoms with van der Waals surface area (Å²) >= 11 is 0. The molecule has 1 saturated heterocycles. The number of nitrogens with two attached hydrogens (primary N) is 1. The molecule has 88 valence electrons. The Kier molecular flexibility index (Phi) is 3.74. The van der Waals surface area contributed by atoms with E-state index < -0.39 is 0 Å². The third-order valence-corrected chi connectivity index (χ3v) is 2.92. The highest BCUT2D eigenvalue weighted by Crippen LogP contribution is 2.16. The van der Waals surface area contributed by atoms with Gasteiger partial charge in [0.05, 0.1) is 18.4 Å². The van der Waals surface area contributed by atoms with Crippen LogP contribution >= 0.6 is 0 Å². The first-order valence-electron chi connectivity index (χ1n) is 5.86. The first-order chi connectivity index (χ1) is 7.83. The Morgan fingerprint density at radius 2 is 2.44 bits per heavy atom. The molecule has 1 unspecified atom stereocenters. The predicted octanol–water partition coefficient (Wildman–Crippen LogP) is 1.16. The molecule has 1 aliphatic heterocycles. The minimum absolute atomic E-state index is 0.331. The van der Waals surface area contributed by atoms with Gasteiger partial charge in [0.25, 0.3) is 0 Å². The Morgan fingerprint density at radius 3 is 3.19 bits per heavy atom. The lowest BCUT2D eigenvalue weighted by molar-refractivity contribution is 0.0381. The molecule has 0 amide bonds. The third kappa shape index (κ3) is 2.51. The highest BCUT2D eigenvalue weighted by Gasteiger charge is 2.19. The summed E-state index contributed by atoms with van der Waals surface area (Å²) in [6.45, 7) is 5.27. The molecule has 0 spiro atoms. The number of morpholine rings is 1. The number of aromatic nitrogens is 1. The van der Waals surface area contributed by atoms with Crippen molar-refractivity contribution >= 4 is 5.82 Å². The number of anilines is 1. The summed E-state index contributed by atoms with van der Waals surface area (Å²) in [5, 5.41) is 0.